The van der Waals surface area contributed by atoms with Crippen molar-refractivity contribution in [2.75, 3.05) is 90.2 Å². The average molecular weight is 951 g/mol. The summed E-state index contributed by atoms with van der Waals surface area (Å²) in [6.45, 7) is 8.43. The Hall–Kier alpha value is -6.88. The van der Waals surface area contributed by atoms with E-state index in [1.54, 1.807) is 49.1 Å². The maximum atomic E-state index is 13.1. The Bertz CT molecular complexity index is 2970. The van der Waals surface area contributed by atoms with Crippen LogP contribution in [0.3, 0.4) is 0 Å². The number of amides is 2. The molecule has 17 heteroatoms. The summed E-state index contributed by atoms with van der Waals surface area (Å²) < 4.78 is 0. The van der Waals surface area contributed by atoms with Crippen LogP contribution >= 0.6 is 23.2 Å². The standard InChI is InChI=1S/C28H32ClN7O.C23H21ClN6O/c1-34(2)10-5-11-35-12-14-36(15-13-35)28(37)21-8-9-24(22(29)16-21)32-27-19-30-18-26(33-27)25-17-20-6-3-4-7-23(20)31-25;24-17-11-16(23(31)30-9-7-25-8-10-30)5-6-19(17)28-22-14-26-13-21(29-22)20-12-15-3-1-2-4-18(15)27-20/h3-4,6-9,16-19,31H,5,10-15H2,1-2H3,(H,32,33);1-6,11-14,25,27H,7-10H2,(H,28,29). The van der Waals surface area contributed by atoms with Gasteiger partial charge in [0.2, 0.25) is 0 Å². The van der Waals surface area contributed by atoms with Gasteiger partial charge in [0.25, 0.3) is 11.8 Å². The number of hydrogen-bond donors (Lipinski definition) is 5. The molecular formula is C51H53Cl2N13O2. The van der Waals surface area contributed by atoms with Gasteiger partial charge < -0.3 is 40.6 Å². The summed E-state index contributed by atoms with van der Waals surface area (Å²) in [5, 5.41) is 12.9. The third kappa shape index (κ3) is 11.3. The smallest absolute Gasteiger partial charge is 0.253 e. The fourth-order valence-electron chi connectivity index (χ4n) is 8.33. The van der Waals surface area contributed by atoms with Gasteiger partial charge in [0.15, 0.2) is 0 Å². The van der Waals surface area contributed by atoms with Gasteiger partial charge in [-0.2, -0.15) is 0 Å². The van der Waals surface area contributed by atoms with Crippen molar-refractivity contribution in [1.82, 2.24) is 54.8 Å². The molecule has 0 spiro atoms. The fraction of sp³-hybridized carbons (Fsp3) is 0.255. The molecule has 0 saturated carbocycles. The molecule has 0 aliphatic carbocycles. The summed E-state index contributed by atoms with van der Waals surface area (Å²) in [6.07, 6.45) is 7.87. The Balaban J connectivity index is 0.000000172. The number of anilines is 4. The molecule has 2 fully saturated rings. The second-order valence-electron chi connectivity index (χ2n) is 17.1. The molecule has 2 aliphatic rings. The van der Waals surface area contributed by atoms with E-state index in [1.807, 2.05) is 70.5 Å². The quantitative estimate of drug-likeness (QED) is 0.0795. The van der Waals surface area contributed by atoms with E-state index in [0.29, 0.717) is 57.3 Å². The van der Waals surface area contributed by atoms with E-state index in [4.69, 9.17) is 28.2 Å². The van der Waals surface area contributed by atoms with Crippen LogP contribution in [-0.4, -0.2) is 141 Å². The summed E-state index contributed by atoms with van der Waals surface area (Å²) in [5.41, 5.74) is 7.84. The molecule has 5 N–H and O–H groups in total. The zero-order chi connectivity index (χ0) is 47.0. The Kier molecular flexibility index (Phi) is 14.5. The first-order chi connectivity index (χ1) is 33.1. The normalized spacial score (nSPS) is 14.2. The van der Waals surface area contributed by atoms with Gasteiger partial charge in [-0.25, -0.2) is 9.97 Å². The Morgan fingerprint density at radius 2 is 1.10 bits per heavy atom. The Morgan fingerprint density at radius 1 is 0.618 bits per heavy atom. The number of H-pyrrole nitrogens is 2. The minimum Gasteiger partial charge on any atom is -0.353 e. The van der Waals surface area contributed by atoms with Crippen LogP contribution in [-0.2, 0) is 0 Å². The first-order valence-electron chi connectivity index (χ1n) is 22.7. The zero-order valence-electron chi connectivity index (χ0n) is 38.0. The van der Waals surface area contributed by atoms with E-state index in [-0.39, 0.29) is 11.8 Å². The summed E-state index contributed by atoms with van der Waals surface area (Å²) in [4.78, 5) is 58.9. The van der Waals surface area contributed by atoms with Crippen LogP contribution in [0.25, 0.3) is 44.6 Å². The molecule has 0 atom stereocenters. The second kappa shape index (κ2) is 21.4. The first kappa shape index (κ1) is 46.2. The largest absolute Gasteiger partial charge is 0.353 e. The zero-order valence-corrected chi connectivity index (χ0v) is 39.5. The molecule has 0 bridgehead atoms. The fourth-order valence-corrected chi connectivity index (χ4v) is 8.78. The highest BCUT2D eigenvalue weighted by atomic mass is 35.5. The number of rotatable bonds is 12. The number of nitrogens with one attached hydrogen (secondary N) is 5. The van der Waals surface area contributed by atoms with Crippen molar-refractivity contribution in [3.05, 3.63) is 143 Å². The minimum absolute atomic E-state index is 0.00412. The molecule has 0 radical (unpaired) electrons. The third-order valence-corrected chi connectivity index (χ3v) is 12.6. The average Bonchev–Trinajstić information content (AvgIpc) is 4.01. The van der Waals surface area contributed by atoms with E-state index in [9.17, 15) is 9.59 Å². The number of para-hydroxylation sites is 2. The lowest BCUT2D eigenvalue weighted by Gasteiger charge is -2.35. The van der Waals surface area contributed by atoms with Crippen LogP contribution in [0.4, 0.5) is 23.0 Å². The SMILES string of the molecule is CN(C)CCCN1CCN(C(=O)c2ccc(Nc3cncc(-c4cc5ccccc5[nH]4)n3)c(Cl)c2)CC1.O=C(c1ccc(Nc2cncc(-c3cc4ccccc4[nH]3)n2)c(Cl)c1)N1CCNCC1. The number of aromatic amines is 2. The Labute approximate surface area is 404 Å². The molecule has 10 rings (SSSR count). The lowest BCUT2D eigenvalue weighted by molar-refractivity contribution is 0.0633. The molecule has 348 valence electrons. The topological polar surface area (TPSA) is 166 Å². The van der Waals surface area contributed by atoms with Crippen molar-refractivity contribution in [3.63, 3.8) is 0 Å². The van der Waals surface area contributed by atoms with Gasteiger partial charge in [-0.15, -0.1) is 0 Å². The lowest BCUT2D eigenvalue weighted by atomic mass is 10.1. The molecule has 4 aromatic carbocycles. The highest BCUT2D eigenvalue weighted by molar-refractivity contribution is 6.34. The third-order valence-electron chi connectivity index (χ3n) is 12.0. The molecule has 2 aliphatic heterocycles. The van der Waals surface area contributed by atoms with Gasteiger partial charge in [-0.3, -0.25) is 24.5 Å². The summed E-state index contributed by atoms with van der Waals surface area (Å²) in [6, 6.07) is 30.9. The maximum absolute atomic E-state index is 13.1. The van der Waals surface area contributed by atoms with Crippen molar-refractivity contribution >= 4 is 79.8 Å². The number of aromatic nitrogens is 6. The number of piperazine rings is 2. The highest BCUT2D eigenvalue weighted by Gasteiger charge is 2.23. The van der Waals surface area contributed by atoms with Crippen molar-refractivity contribution in [1.29, 1.82) is 0 Å². The van der Waals surface area contributed by atoms with E-state index >= 15 is 0 Å². The van der Waals surface area contributed by atoms with E-state index in [2.05, 4.69) is 76.9 Å². The number of carbonyl (C=O) groups is 2. The predicted octanol–water partition coefficient (Wildman–Crippen LogP) is 8.80. The van der Waals surface area contributed by atoms with Gasteiger partial charge >= 0.3 is 0 Å². The van der Waals surface area contributed by atoms with Crippen molar-refractivity contribution < 1.29 is 9.59 Å². The number of nitrogens with zero attached hydrogens (tertiary/aromatic N) is 8. The predicted molar refractivity (Wildman–Crippen MR) is 272 cm³/mol. The maximum Gasteiger partial charge on any atom is 0.253 e. The van der Waals surface area contributed by atoms with Gasteiger partial charge in [0.05, 0.1) is 57.6 Å². The summed E-state index contributed by atoms with van der Waals surface area (Å²) in [7, 11) is 4.19. The number of benzene rings is 4. The molecule has 2 amide bonds. The lowest BCUT2D eigenvalue weighted by Crippen LogP contribution is -2.49. The van der Waals surface area contributed by atoms with Gasteiger partial charge in [0.1, 0.15) is 23.0 Å². The van der Waals surface area contributed by atoms with E-state index < -0.39 is 0 Å². The number of fused-ring (bicyclic) bond motifs is 2. The second-order valence-corrected chi connectivity index (χ2v) is 17.9. The van der Waals surface area contributed by atoms with Gasteiger partial charge in [-0.05, 0) is 94.3 Å². The van der Waals surface area contributed by atoms with E-state index in [1.165, 1.54) is 0 Å². The van der Waals surface area contributed by atoms with Crippen LogP contribution in [0, 0.1) is 0 Å². The van der Waals surface area contributed by atoms with Crippen LogP contribution in [0.15, 0.2) is 122 Å². The number of hydrogen-bond acceptors (Lipinski definition) is 11. The van der Waals surface area contributed by atoms with Crippen LogP contribution in [0.5, 0.6) is 0 Å². The molecule has 6 heterocycles. The molecule has 4 aromatic heterocycles. The highest BCUT2D eigenvalue weighted by Crippen LogP contribution is 2.30. The monoisotopic (exact) mass is 949 g/mol. The summed E-state index contributed by atoms with van der Waals surface area (Å²) >= 11 is 13.1. The van der Waals surface area contributed by atoms with E-state index in [0.717, 1.165) is 103 Å². The molecule has 15 nitrogen and oxygen atoms in total. The van der Waals surface area contributed by atoms with Crippen molar-refractivity contribution in [2.24, 2.45) is 0 Å². The van der Waals surface area contributed by atoms with Gasteiger partial charge in [0, 0.05) is 85.3 Å². The van der Waals surface area contributed by atoms with Crippen LogP contribution in [0.1, 0.15) is 27.1 Å². The summed E-state index contributed by atoms with van der Waals surface area (Å²) in [5.74, 6) is 1.15. The number of halogens is 2. The molecule has 8 aromatic rings. The number of carbonyl (C=O) groups excluding carboxylic acids is 2. The minimum atomic E-state index is -0.00412. The van der Waals surface area contributed by atoms with Crippen LogP contribution in [0.2, 0.25) is 10.0 Å². The van der Waals surface area contributed by atoms with Crippen LogP contribution < -0.4 is 16.0 Å². The molecular weight excluding hydrogens is 898 g/mol. The van der Waals surface area contributed by atoms with Crippen molar-refractivity contribution in [2.45, 2.75) is 6.42 Å². The molecule has 2 saturated heterocycles. The molecule has 0 unspecified atom stereocenters. The first-order valence-corrected chi connectivity index (χ1v) is 23.5. The van der Waals surface area contributed by atoms with Gasteiger partial charge in [-0.1, -0.05) is 59.6 Å². The Morgan fingerprint density at radius 3 is 1.57 bits per heavy atom. The van der Waals surface area contributed by atoms with Crippen molar-refractivity contribution in [3.8, 4) is 22.8 Å². The molecule has 68 heavy (non-hydrogen) atoms.